The van der Waals surface area contributed by atoms with E-state index in [0.717, 1.165) is 30.0 Å². The summed E-state index contributed by atoms with van der Waals surface area (Å²) in [6, 6.07) is 13.9. The molecule has 0 saturated heterocycles. The zero-order valence-corrected chi connectivity index (χ0v) is 19.6. The predicted molar refractivity (Wildman–Crippen MR) is 127 cm³/mol. The first kappa shape index (κ1) is 25.2. The normalized spacial score (nSPS) is 11.2. The molecule has 0 heterocycles. The average molecular weight is 534 g/mol. The van der Waals surface area contributed by atoms with Crippen molar-refractivity contribution in [3.63, 3.8) is 0 Å². The van der Waals surface area contributed by atoms with E-state index in [4.69, 9.17) is 34.8 Å². The van der Waals surface area contributed by atoms with Crippen molar-refractivity contribution in [3.8, 4) is 0 Å². The lowest BCUT2D eigenvalue weighted by Crippen LogP contribution is -2.15. The molecule has 0 fully saturated rings. The summed E-state index contributed by atoms with van der Waals surface area (Å²) in [5.74, 6) is -1.06. The third-order valence-corrected chi connectivity index (χ3v) is 6.08. The maximum Gasteiger partial charge on any atom is 0.416 e. The number of amides is 2. The molecular formula is C22H14Cl3F3N2O2S. The molecule has 0 spiro atoms. The summed E-state index contributed by atoms with van der Waals surface area (Å²) in [5, 5.41) is 5.69. The van der Waals surface area contributed by atoms with Gasteiger partial charge in [0.15, 0.2) is 0 Å². The lowest BCUT2D eigenvalue weighted by molar-refractivity contribution is -0.137. The Morgan fingerprint density at radius 2 is 1.64 bits per heavy atom. The minimum Gasteiger partial charge on any atom is -0.324 e. The van der Waals surface area contributed by atoms with Crippen LogP contribution in [0.3, 0.4) is 0 Å². The first-order chi connectivity index (χ1) is 15.5. The number of nitrogens with one attached hydrogen (secondary N) is 2. The maximum absolute atomic E-state index is 12.9. The van der Waals surface area contributed by atoms with Crippen LogP contribution < -0.4 is 10.6 Å². The fourth-order valence-electron chi connectivity index (χ4n) is 2.67. The van der Waals surface area contributed by atoms with Crippen molar-refractivity contribution in [2.45, 2.75) is 11.1 Å². The van der Waals surface area contributed by atoms with Crippen LogP contribution in [0, 0.1) is 0 Å². The summed E-state index contributed by atoms with van der Waals surface area (Å²) < 4.78 is 38.6. The Bertz CT molecular complexity index is 1210. The summed E-state index contributed by atoms with van der Waals surface area (Å²) in [6.45, 7) is 0. The van der Waals surface area contributed by atoms with E-state index >= 15 is 0 Å². The third kappa shape index (κ3) is 7.04. The second-order valence-corrected chi connectivity index (χ2v) is 8.93. The molecule has 3 aromatic carbocycles. The zero-order chi connectivity index (χ0) is 24.2. The van der Waals surface area contributed by atoms with Crippen LogP contribution in [0.2, 0.25) is 15.1 Å². The number of hydrogen-bond acceptors (Lipinski definition) is 3. The minimum atomic E-state index is -4.56. The molecule has 0 atom stereocenters. The Labute approximate surface area is 206 Å². The highest BCUT2D eigenvalue weighted by Crippen LogP contribution is 2.34. The van der Waals surface area contributed by atoms with Crippen molar-refractivity contribution in [1.29, 1.82) is 0 Å². The SMILES string of the molecule is O=C(CSc1cccc(NC(=O)c2ccc(Cl)cc2Cl)c1)Nc1cc(C(F)(F)F)ccc1Cl. The molecule has 33 heavy (non-hydrogen) atoms. The van der Waals surface area contributed by atoms with Gasteiger partial charge < -0.3 is 10.6 Å². The Morgan fingerprint density at radius 3 is 2.33 bits per heavy atom. The van der Waals surface area contributed by atoms with Gasteiger partial charge in [0.25, 0.3) is 5.91 Å². The van der Waals surface area contributed by atoms with Crippen LogP contribution in [0.4, 0.5) is 24.5 Å². The van der Waals surface area contributed by atoms with Crippen LogP contribution in [0.5, 0.6) is 0 Å². The summed E-state index contributed by atoms with van der Waals surface area (Å²) >= 11 is 18.9. The van der Waals surface area contributed by atoms with Crippen LogP contribution >= 0.6 is 46.6 Å². The monoisotopic (exact) mass is 532 g/mol. The van der Waals surface area contributed by atoms with Crippen molar-refractivity contribution < 1.29 is 22.8 Å². The molecule has 0 radical (unpaired) electrons. The Morgan fingerprint density at radius 1 is 0.879 bits per heavy atom. The first-order valence-corrected chi connectivity index (χ1v) is 11.3. The molecule has 4 nitrogen and oxygen atoms in total. The molecule has 11 heteroatoms. The summed E-state index contributed by atoms with van der Waals surface area (Å²) in [4.78, 5) is 25.4. The molecule has 172 valence electrons. The largest absolute Gasteiger partial charge is 0.416 e. The lowest BCUT2D eigenvalue weighted by Gasteiger charge is -2.12. The highest BCUT2D eigenvalue weighted by atomic mass is 35.5. The highest BCUT2D eigenvalue weighted by molar-refractivity contribution is 8.00. The molecular weight excluding hydrogens is 520 g/mol. The summed E-state index contributed by atoms with van der Waals surface area (Å²) in [6.07, 6.45) is -4.56. The van der Waals surface area contributed by atoms with E-state index in [0.29, 0.717) is 15.6 Å². The van der Waals surface area contributed by atoms with E-state index in [1.165, 1.54) is 12.1 Å². The van der Waals surface area contributed by atoms with Crippen LogP contribution in [-0.4, -0.2) is 17.6 Å². The van der Waals surface area contributed by atoms with E-state index in [9.17, 15) is 22.8 Å². The molecule has 2 amide bonds. The highest BCUT2D eigenvalue weighted by Gasteiger charge is 2.31. The van der Waals surface area contributed by atoms with E-state index in [1.807, 2.05) is 0 Å². The second kappa shape index (κ2) is 10.7. The van der Waals surface area contributed by atoms with Gasteiger partial charge >= 0.3 is 6.18 Å². The number of thioether (sulfide) groups is 1. The van der Waals surface area contributed by atoms with E-state index in [2.05, 4.69) is 10.6 Å². The van der Waals surface area contributed by atoms with E-state index < -0.39 is 23.6 Å². The second-order valence-electron chi connectivity index (χ2n) is 6.64. The van der Waals surface area contributed by atoms with Crippen LogP contribution in [0.15, 0.2) is 65.6 Å². The van der Waals surface area contributed by atoms with Gasteiger partial charge in [-0.3, -0.25) is 9.59 Å². The van der Waals surface area contributed by atoms with Crippen molar-refractivity contribution in [2.24, 2.45) is 0 Å². The molecule has 0 aromatic heterocycles. The van der Waals surface area contributed by atoms with E-state index in [-0.39, 0.29) is 27.0 Å². The van der Waals surface area contributed by atoms with Crippen molar-refractivity contribution in [2.75, 3.05) is 16.4 Å². The van der Waals surface area contributed by atoms with Crippen LogP contribution in [0.25, 0.3) is 0 Å². The van der Waals surface area contributed by atoms with Gasteiger partial charge in [0.05, 0.1) is 32.6 Å². The molecule has 3 aromatic rings. The van der Waals surface area contributed by atoms with Crippen LogP contribution in [0.1, 0.15) is 15.9 Å². The van der Waals surface area contributed by atoms with Crippen LogP contribution in [-0.2, 0) is 11.0 Å². The molecule has 0 saturated carbocycles. The van der Waals surface area contributed by atoms with Gasteiger partial charge in [0.1, 0.15) is 0 Å². The number of alkyl halides is 3. The van der Waals surface area contributed by atoms with Gasteiger partial charge in [-0.05, 0) is 54.6 Å². The number of anilines is 2. The molecule has 0 aliphatic rings. The summed E-state index contributed by atoms with van der Waals surface area (Å²) in [5.41, 5.74) is -0.328. The average Bonchev–Trinajstić information content (AvgIpc) is 2.73. The van der Waals surface area contributed by atoms with Gasteiger partial charge in [0.2, 0.25) is 5.91 Å². The lowest BCUT2D eigenvalue weighted by atomic mass is 10.2. The predicted octanol–water partition coefficient (Wildman–Crippen LogP) is 7.65. The number of carbonyl (C=O) groups is 2. The molecule has 0 aliphatic carbocycles. The van der Waals surface area contributed by atoms with Gasteiger partial charge in [-0.1, -0.05) is 40.9 Å². The minimum absolute atomic E-state index is 0.00748. The standard InChI is InChI=1S/C22H14Cl3F3N2O2S/c23-13-5-6-16(18(25)9-13)21(32)29-14-2-1-3-15(10-14)33-11-20(31)30-19-8-12(22(26,27)28)4-7-17(19)24/h1-10H,11H2,(H,29,32)(H,30,31). The quantitative estimate of drug-likeness (QED) is 0.320. The number of hydrogen-bond donors (Lipinski definition) is 2. The molecule has 0 bridgehead atoms. The van der Waals surface area contributed by atoms with Gasteiger partial charge in [-0.15, -0.1) is 11.8 Å². The number of carbonyl (C=O) groups excluding carboxylic acids is 2. The fourth-order valence-corrected chi connectivity index (χ4v) is 4.08. The van der Waals surface area contributed by atoms with Crippen molar-refractivity contribution >= 4 is 69.8 Å². The summed E-state index contributed by atoms with van der Waals surface area (Å²) in [7, 11) is 0. The maximum atomic E-state index is 12.9. The Kier molecular flexibility index (Phi) is 8.18. The smallest absolute Gasteiger partial charge is 0.324 e. The fraction of sp³-hybridized carbons (Fsp3) is 0.0909. The van der Waals surface area contributed by atoms with E-state index in [1.54, 1.807) is 30.3 Å². The van der Waals surface area contributed by atoms with Gasteiger partial charge in [-0.2, -0.15) is 13.2 Å². The van der Waals surface area contributed by atoms with Crippen molar-refractivity contribution in [1.82, 2.24) is 0 Å². The van der Waals surface area contributed by atoms with Gasteiger partial charge in [0, 0.05) is 15.6 Å². The van der Waals surface area contributed by atoms with Crippen molar-refractivity contribution in [3.05, 3.63) is 86.9 Å². The number of benzene rings is 3. The zero-order valence-electron chi connectivity index (χ0n) is 16.5. The number of rotatable bonds is 6. The Balaban J connectivity index is 1.62. The number of halogens is 6. The molecule has 2 N–H and O–H groups in total. The van der Waals surface area contributed by atoms with Gasteiger partial charge in [-0.25, -0.2) is 0 Å². The molecule has 3 rings (SSSR count). The molecule has 0 unspecified atom stereocenters. The molecule has 0 aliphatic heterocycles. The topological polar surface area (TPSA) is 58.2 Å². The Hall–Kier alpha value is -2.39. The first-order valence-electron chi connectivity index (χ1n) is 9.19. The third-order valence-electron chi connectivity index (χ3n) is 4.21.